The number of carbonyl (C=O) groups excluding carboxylic acids is 1. The van der Waals surface area contributed by atoms with E-state index >= 15 is 0 Å². The molecule has 0 N–H and O–H groups in total. The van der Waals surface area contributed by atoms with Crippen LogP contribution in [0, 0.1) is 13.8 Å². The fourth-order valence-corrected chi connectivity index (χ4v) is 3.49. The van der Waals surface area contributed by atoms with Gasteiger partial charge in [-0.3, -0.25) is 4.79 Å². The van der Waals surface area contributed by atoms with Crippen molar-refractivity contribution in [3.63, 3.8) is 0 Å². The van der Waals surface area contributed by atoms with E-state index in [-0.39, 0.29) is 4.75 Å². The maximum absolute atomic E-state index is 12.5. The summed E-state index contributed by atoms with van der Waals surface area (Å²) in [5.41, 5.74) is 3.18. The SMILES string of the molecule is Cc1ccc(C)c(C(=O)C2(C)CCCS2)c1. The molecule has 16 heavy (non-hydrogen) atoms. The molecule has 0 amide bonds. The van der Waals surface area contributed by atoms with E-state index in [2.05, 4.69) is 13.0 Å². The molecule has 1 nitrogen and oxygen atoms in total. The van der Waals surface area contributed by atoms with Crippen molar-refractivity contribution in [2.75, 3.05) is 5.75 Å². The van der Waals surface area contributed by atoms with Crippen LogP contribution in [0.4, 0.5) is 0 Å². The largest absolute Gasteiger partial charge is 0.293 e. The number of ketones is 1. The normalized spacial score (nSPS) is 24.7. The third-order valence-electron chi connectivity index (χ3n) is 3.34. The number of hydrogen-bond donors (Lipinski definition) is 0. The van der Waals surface area contributed by atoms with Gasteiger partial charge in [-0.25, -0.2) is 0 Å². The molecule has 1 aromatic carbocycles. The van der Waals surface area contributed by atoms with Crippen molar-refractivity contribution in [3.05, 3.63) is 34.9 Å². The summed E-state index contributed by atoms with van der Waals surface area (Å²) in [7, 11) is 0. The second-order valence-electron chi connectivity index (χ2n) is 4.83. The molecule has 1 heterocycles. The molecule has 0 saturated carbocycles. The zero-order valence-corrected chi connectivity index (χ0v) is 11.0. The van der Waals surface area contributed by atoms with Crippen LogP contribution >= 0.6 is 11.8 Å². The summed E-state index contributed by atoms with van der Waals surface area (Å²) in [6.07, 6.45) is 2.18. The Bertz CT molecular complexity index is 417. The van der Waals surface area contributed by atoms with Crippen molar-refractivity contribution in [1.82, 2.24) is 0 Å². The summed E-state index contributed by atoms with van der Waals surface area (Å²) < 4.78 is -0.182. The fourth-order valence-electron chi connectivity index (χ4n) is 2.22. The molecule has 86 valence electrons. The van der Waals surface area contributed by atoms with Gasteiger partial charge in [-0.1, -0.05) is 17.7 Å². The lowest BCUT2D eigenvalue weighted by molar-refractivity contribution is 0.0948. The van der Waals surface area contributed by atoms with Crippen LogP contribution in [0.25, 0.3) is 0 Å². The highest BCUT2D eigenvalue weighted by Crippen LogP contribution is 2.40. The van der Waals surface area contributed by atoms with Crippen LogP contribution in [-0.4, -0.2) is 16.3 Å². The molecule has 0 radical (unpaired) electrons. The Labute approximate surface area is 102 Å². The molecule has 2 rings (SSSR count). The predicted molar refractivity (Wildman–Crippen MR) is 70.3 cm³/mol. The quantitative estimate of drug-likeness (QED) is 0.725. The predicted octanol–water partition coefficient (Wildman–Crippen LogP) is 3.77. The van der Waals surface area contributed by atoms with Crippen LogP contribution in [0.2, 0.25) is 0 Å². The molecule has 0 aromatic heterocycles. The average Bonchev–Trinajstić information content (AvgIpc) is 2.69. The van der Waals surface area contributed by atoms with E-state index in [4.69, 9.17) is 0 Å². The minimum absolute atomic E-state index is 0.182. The number of thioether (sulfide) groups is 1. The minimum Gasteiger partial charge on any atom is -0.293 e. The van der Waals surface area contributed by atoms with Crippen molar-refractivity contribution in [3.8, 4) is 0 Å². The summed E-state index contributed by atoms with van der Waals surface area (Å²) in [6, 6.07) is 6.14. The lowest BCUT2D eigenvalue weighted by Crippen LogP contribution is -2.29. The van der Waals surface area contributed by atoms with Crippen LogP contribution in [0.5, 0.6) is 0 Å². The molecular weight excluding hydrogens is 216 g/mol. The van der Waals surface area contributed by atoms with Gasteiger partial charge in [0.25, 0.3) is 0 Å². The van der Waals surface area contributed by atoms with Crippen LogP contribution < -0.4 is 0 Å². The van der Waals surface area contributed by atoms with Crippen molar-refractivity contribution >= 4 is 17.5 Å². The lowest BCUT2D eigenvalue weighted by Gasteiger charge is -2.22. The van der Waals surface area contributed by atoms with Crippen LogP contribution in [-0.2, 0) is 0 Å². The number of carbonyl (C=O) groups is 1. The second kappa shape index (κ2) is 4.25. The molecule has 2 heteroatoms. The van der Waals surface area contributed by atoms with Gasteiger partial charge in [0.15, 0.2) is 5.78 Å². The third kappa shape index (κ3) is 2.03. The molecule has 1 atom stereocenters. The first kappa shape index (κ1) is 11.7. The standard InChI is InChI=1S/C14H18OS/c1-10-5-6-11(2)12(9-10)13(15)14(3)7-4-8-16-14/h5-6,9H,4,7-8H2,1-3H3. The summed E-state index contributed by atoms with van der Waals surface area (Å²) in [4.78, 5) is 12.5. The van der Waals surface area contributed by atoms with Gasteiger partial charge in [-0.2, -0.15) is 0 Å². The first-order valence-corrected chi connectivity index (χ1v) is 6.77. The topological polar surface area (TPSA) is 17.1 Å². The Kier molecular flexibility index (Phi) is 3.11. The van der Waals surface area contributed by atoms with E-state index in [9.17, 15) is 4.79 Å². The van der Waals surface area contributed by atoms with E-state index < -0.39 is 0 Å². The number of aryl methyl sites for hydroxylation is 2. The molecule has 1 fully saturated rings. The van der Waals surface area contributed by atoms with E-state index in [1.807, 2.05) is 37.7 Å². The Morgan fingerprint density at radius 3 is 2.75 bits per heavy atom. The Balaban J connectivity index is 2.36. The second-order valence-corrected chi connectivity index (χ2v) is 6.43. The van der Waals surface area contributed by atoms with E-state index in [0.717, 1.165) is 29.7 Å². The lowest BCUT2D eigenvalue weighted by atomic mass is 9.91. The minimum atomic E-state index is -0.182. The zero-order chi connectivity index (χ0) is 11.8. The Hall–Kier alpha value is -0.760. The van der Waals surface area contributed by atoms with E-state index in [1.54, 1.807) is 0 Å². The number of hydrogen-bond acceptors (Lipinski definition) is 2. The molecule has 1 unspecified atom stereocenters. The fraction of sp³-hybridized carbons (Fsp3) is 0.500. The van der Waals surface area contributed by atoms with Crippen molar-refractivity contribution in [1.29, 1.82) is 0 Å². The monoisotopic (exact) mass is 234 g/mol. The maximum atomic E-state index is 12.5. The van der Waals surface area contributed by atoms with Crippen molar-refractivity contribution < 1.29 is 4.79 Å². The Morgan fingerprint density at radius 2 is 2.12 bits per heavy atom. The maximum Gasteiger partial charge on any atom is 0.178 e. The average molecular weight is 234 g/mol. The first-order chi connectivity index (χ1) is 7.53. The van der Waals surface area contributed by atoms with Gasteiger partial charge in [0.05, 0.1) is 4.75 Å². The van der Waals surface area contributed by atoms with Gasteiger partial charge < -0.3 is 0 Å². The van der Waals surface area contributed by atoms with Crippen LogP contribution in [0.3, 0.4) is 0 Å². The summed E-state index contributed by atoms with van der Waals surface area (Å²) in [6.45, 7) is 6.16. The van der Waals surface area contributed by atoms with Crippen molar-refractivity contribution in [2.45, 2.75) is 38.4 Å². The molecule has 0 spiro atoms. The number of rotatable bonds is 2. The molecule has 1 saturated heterocycles. The molecule has 1 aromatic rings. The van der Waals surface area contributed by atoms with Gasteiger partial charge in [-0.05, 0) is 51.0 Å². The summed E-state index contributed by atoms with van der Waals surface area (Å²) in [5.74, 6) is 1.43. The van der Waals surface area contributed by atoms with Gasteiger partial charge in [0.2, 0.25) is 0 Å². The highest BCUT2D eigenvalue weighted by molar-refractivity contribution is 8.01. The molecular formula is C14H18OS. The van der Waals surface area contributed by atoms with Gasteiger partial charge >= 0.3 is 0 Å². The zero-order valence-electron chi connectivity index (χ0n) is 10.2. The summed E-state index contributed by atoms with van der Waals surface area (Å²) in [5, 5.41) is 0. The summed E-state index contributed by atoms with van der Waals surface area (Å²) >= 11 is 1.81. The molecule has 1 aliphatic rings. The highest BCUT2D eigenvalue weighted by atomic mass is 32.2. The van der Waals surface area contributed by atoms with Crippen molar-refractivity contribution in [2.24, 2.45) is 0 Å². The smallest absolute Gasteiger partial charge is 0.178 e. The van der Waals surface area contributed by atoms with E-state index in [1.165, 1.54) is 5.56 Å². The third-order valence-corrected chi connectivity index (χ3v) is 4.86. The number of benzene rings is 1. The van der Waals surface area contributed by atoms with E-state index in [0.29, 0.717) is 5.78 Å². The van der Waals surface area contributed by atoms with Gasteiger partial charge in [0.1, 0.15) is 0 Å². The first-order valence-electron chi connectivity index (χ1n) is 5.79. The molecule has 0 bridgehead atoms. The van der Waals surface area contributed by atoms with Gasteiger partial charge in [0, 0.05) is 5.56 Å². The highest BCUT2D eigenvalue weighted by Gasteiger charge is 2.38. The number of Topliss-reactive ketones (excluding diaryl/α,β-unsaturated/α-hetero) is 1. The molecule has 0 aliphatic carbocycles. The molecule has 1 aliphatic heterocycles. The van der Waals surface area contributed by atoms with Crippen LogP contribution in [0.1, 0.15) is 41.3 Å². The Morgan fingerprint density at radius 1 is 1.38 bits per heavy atom. The van der Waals surface area contributed by atoms with Crippen LogP contribution in [0.15, 0.2) is 18.2 Å². The van der Waals surface area contributed by atoms with Gasteiger partial charge in [-0.15, -0.1) is 11.8 Å².